The van der Waals surface area contributed by atoms with Crippen LogP contribution in [0.25, 0.3) is 0 Å². The first-order valence-corrected chi connectivity index (χ1v) is 12.9. The summed E-state index contributed by atoms with van der Waals surface area (Å²) in [6.07, 6.45) is 22.8. The molecule has 30 heavy (non-hydrogen) atoms. The highest BCUT2D eigenvalue weighted by Gasteiger charge is 2.25. The molecule has 0 aromatic heterocycles. The minimum Gasteiger partial charge on any atom is -1.00 e. The highest BCUT2D eigenvalue weighted by atomic mass is 35.5. The number of aliphatic hydroxyl groups excluding tert-OH is 3. The normalized spacial score (nSPS) is 11.6. The lowest BCUT2D eigenvalue weighted by Crippen LogP contribution is -3.00. The van der Waals surface area contributed by atoms with Gasteiger partial charge in [0.2, 0.25) is 0 Å². The third-order valence-electron chi connectivity index (χ3n) is 6.43. The highest BCUT2D eigenvalue weighted by Crippen LogP contribution is 2.15. The summed E-state index contributed by atoms with van der Waals surface area (Å²) < 4.78 is 0.756. The second-order valence-electron chi connectivity index (χ2n) is 9.06. The Morgan fingerprint density at radius 1 is 0.400 bits per heavy atom. The van der Waals surface area contributed by atoms with Gasteiger partial charge in [0.15, 0.2) is 0 Å². The van der Waals surface area contributed by atoms with Gasteiger partial charge in [-0.2, -0.15) is 0 Å². The number of nitrogens with zero attached hydrogens (tertiary/aromatic N) is 1. The van der Waals surface area contributed by atoms with Crippen LogP contribution in [0, 0.1) is 0 Å². The van der Waals surface area contributed by atoms with Crippen molar-refractivity contribution in [2.24, 2.45) is 0 Å². The Labute approximate surface area is 194 Å². The van der Waals surface area contributed by atoms with Gasteiger partial charge in [0, 0.05) is 13.0 Å². The molecule has 0 aliphatic heterocycles. The summed E-state index contributed by atoms with van der Waals surface area (Å²) in [5.74, 6) is 0. The Morgan fingerprint density at radius 3 is 1.07 bits per heavy atom. The molecule has 0 unspecified atom stereocenters. The summed E-state index contributed by atoms with van der Waals surface area (Å²) >= 11 is 0. The van der Waals surface area contributed by atoms with E-state index in [1.807, 2.05) is 0 Å². The summed E-state index contributed by atoms with van der Waals surface area (Å²) in [5, 5.41) is 27.9. The van der Waals surface area contributed by atoms with E-state index in [1.54, 1.807) is 0 Å². The van der Waals surface area contributed by atoms with Crippen LogP contribution in [-0.2, 0) is 0 Å². The van der Waals surface area contributed by atoms with Crippen molar-refractivity contribution < 1.29 is 32.2 Å². The fraction of sp³-hybridized carbons (Fsp3) is 1.00. The number of unbranched alkanes of at least 4 members (excludes halogenated alkanes) is 15. The van der Waals surface area contributed by atoms with Gasteiger partial charge in [-0.25, -0.2) is 0 Å². The van der Waals surface area contributed by atoms with Gasteiger partial charge in [0.1, 0.15) is 13.1 Å². The van der Waals surface area contributed by atoms with Crippen LogP contribution in [0.15, 0.2) is 0 Å². The van der Waals surface area contributed by atoms with Crippen LogP contribution in [0.3, 0.4) is 0 Å². The van der Waals surface area contributed by atoms with Gasteiger partial charge in [-0.05, 0) is 12.8 Å². The van der Waals surface area contributed by atoms with E-state index in [9.17, 15) is 10.2 Å². The summed E-state index contributed by atoms with van der Waals surface area (Å²) in [6.45, 7) is 6.04. The minimum atomic E-state index is 0. The Kier molecular flexibility index (Phi) is 27.3. The van der Waals surface area contributed by atoms with Gasteiger partial charge in [-0.15, -0.1) is 0 Å². The van der Waals surface area contributed by atoms with E-state index in [0.717, 1.165) is 30.4 Å². The quantitative estimate of drug-likeness (QED) is 0.156. The lowest BCUT2D eigenvalue weighted by molar-refractivity contribution is -0.929. The predicted molar refractivity (Wildman–Crippen MR) is 125 cm³/mol. The van der Waals surface area contributed by atoms with Crippen LogP contribution in [0.4, 0.5) is 0 Å². The molecule has 0 bridgehead atoms. The second-order valence-corrected chi connectivity index (χ2v) is 9.06. The van der Waals surface area contributed by atoms with Crippen molar-refractivity contribution in [3.63, 3.8) is 0 Å². The molecule has 0 fully saturated rings. The summed E-state index contributed by atoms with van der Waals surface area (Å²) in [7, 11) is 0. The fourth-order valence-electron chi connectivity index (χ4n) is 4.50. The molecule has 0 radical (unpaired) electrons. The SMILES string of the molecule is CCCCCCCCCCCCCCCCCC[N+](CCO)(CCO)CCCO.[Cl-]. The van der Waals surface area contributed by atoms with Crippen molar-refractivity contribution in [1.82, 2.24) is 0 Å². The van der Waals surface area contributed by atoms with Crippen molar-refractivity contribution in [2.75, 3.05) is 46.0 Å². The zero-order valence-corrected chi connectivity index (χ0v) is 20.9. The Bertz CT molecular complexity index is 313. The standard InChI is InChI=1S/C25H54NO3.ClH/c1-2-3-4-5-6-7-8-9-10-11-12-13-14-15-16-17-19-26(21-24-28,22-25-29)20-18-23-27;/h27-29H,2-25H2,1H3;1H/q+1;/p-1. The third-order valence-corrected chi connectivity index (χ3v) is 6.43. The topological polar surface area (TPSA) is 60.7 Å². The Hall–Kier alpha value is 0.130. The molecule has 184 valence electrons. The molecule has 5 heteroatoms. The molecule has 0 aliphatic rings. The Morgan fingerprint density at radius 2 is 0.733 bits per heavy atom. The molecule has 0 aromatic carbocycles. The zero-order chi connectivity index (χ0) is 21.5. The van der Waals surface area contributed by atoms with Crippen LogP contribution in [-0.4, -0.2) is 65.8 Å². The van der Waals surface area contributed by atoms with Crippen molar-refractivity contribution >= 4 is 0 Å². The van der Waals surface area contributed by atoms with Crippen molar-refractivity contribution in [2.45, 2.75) is 116 Å². The second kappa shape index (κ2) is 25.4. The van der Waals surface area contributed by atoms with Gasteiger partial charge in [-0.3, -0.25) is 0 Å². The largest absolute Gasteiger partial charge is 1.00 e. The van der Waals surface area contributed by atoms with E-state index >= 15 is 0 Å². The van der Waals surface area contributed by atoms with Crippen LogP contribution in [0.2, 0.25) is 0 Å². The number of aliphatic hydroxyl groups is 3. The number of hydrogen-bond acceptors (Lipinski definition) is 3. The fourth-order valence-corrected chi connectivity index (χ4v) is 4.50. The van der Waals surface area contributed by atoms with Crippen molar-refractivity contribution in [3.05, 3.63) is 0 Å². The molecule has 3 N–H and O–H groups in total. The molecule has 0 rings (SSSR count). The highest BCUT2D eigenvalue weighted by molar-refractivity contribution is 4.52. The first-order valence-electron chi connectivity index (χ1n) is 12.9. The Balaban J connectivity index is 0. The van der Waals surface area contributed by atoms with Crippen LogP contribution >= 0.6 is 0 Å². The van der Waals surface area contributed by atoms with Gasteiger partial charge in [-0.1, -0.05) is 96.8 Å². The monoisotopic (exact) mass is 451 g/mol. The minimum absolute atomic E-state index is 0. The predicted octanol–water partition coefficient (Wildman–Crippen LogP) is 2.44. The van der Waals surface area contributed by atoms with Crippen molar-refractivity contribution in [3.8, 4) is 0 Å². The average Bonchev–Trinajstić information content (AvgIpc) is 2.72. The van der Waals surface area contributed by atoms with E-state index in [0.29, 0.717) is 13.1 Å². The van der Waals surface area contributed by atoms with Crippen LogP contribution in [0.1, 0.15) is 116 Å². The van der Waals surface area contributed by atoms with E-state index in [1.165, 1.54) is 96.3 Å². The summed E-state index contributed by atoms with van der Waals surface area (Å²) in [4.78, 5) is 0. The first kappa shape index (κ1) is 32.3. The number of quaternary nitrogens is 1. The maximum atomic E-state index is 9.40. The maximum Gasteiger partial charge on any atom is 0.102 e. The van der Waals surface area contributed by atoms with E-state index in [4.69, 9.17) is 5.11 Å². The number of rotatable bonds is 24. The van der Waals surface area contributed by atoms with E-state index < -0.39 is 0 Å². The maximum absolute atomic E-state index is 9.40. The number of hydrogen-bond donors (Lipinski definition) is 3. The molecule has 0 aliphatic carbocycles. The molecule has 0 saturated heterocycles. The average molecular weight is 452 g/mol. The summed E-state index contributed by atoms with van der Waals surface area (Å²) in [6, 6.07) is 0. The lowest BCUT2D eigenvalue weighted by Gasteiger charge is -2.38. The molecule has 0 spiro atoms. The van der Waals surface area contributed by atoms with Crippen LogP contribution < -0.4 is 12.4 Å². The third kappa shape index (κ3) is 20.1. The molecule has 0 saturated carbocycles. The van der Waals surface area contributed by atoms with Crippen molar-refractivity contribution in [1.29, 1.82) is 0 Å². The van der Waals surface area contributed by atoms with Crippen LogP contribution in [0.5, 0.6) is 0 Å². The lowest BCUT2D eigenvalue weighted by atomic mass is 10.0. The van der Waals surface area contributed by atoms with Gasteiger partial charge >= 0.3 is 0 Å². The molecule has 0 atom stereocenters. The molecular weight excluding hydrogens is 398 g/mol. The molecule has 0 amide bonds. The number of halogens is 1. The zero-order valence-electron chi connectivity index (χ0n) is 20.1. The van der Waals surface area contributed by atoms with Gasteiger partial charge < -0.3 is 32.2 Å². The summed E-state index contributed by atoms with van der Waals surface area (Å²) in [5.41, 5.74) is 0. The van der Waals surface area contributed by atoms with E-state index in [-0.39, 0.29) is 32.2 Å². The van der Waals surface area contributed by atoms with Gasteiger partial charge in [0.25, 0.3) is 0 Å². The first-order chi connectivity index (χ1) is 14.2. The molecule has 0 heterocycles. The molecule has 4 nitrogen and oxygen atoms in total. The van der Waals surface area contributed by atoms with E-state index in [2.05, 4.69) is 6.92 Å². The van der Waals surface area contributed by atoms with Gasteiger partial charge in [0.05, 0.1) is 26.3 Å². The smallest absolute Gasteiger partial charge is 0.102 e. The molecule has 0 aromatic rings. The molecular formula is C25H54ClNO3.